The van der Waals surface area contributed by atoms with Crippen molar-refractivity contribution >= 4 is 59.7 Å². The first-order valence-corrected chi connectivity index (χ1v) is 31.8. The number of ketones is 4. The van der Waals surface area contributed by atoms with Gasteiger partial charge >= 0.3 is 36.6 Å². The average Bonchev–Trinajstić information content (AvgIpc) is 1.14. The van der Waals surface area contributed by atoms with E-state index in [-0.39, 0.29) is 52.1 Å². The van der Waals surface area contributed by atoms with Gasteiger partial charge in [-0.3, -0.25) is 19.2 Å². The Kier molecular flexibility index (Phi) is 39.8. The van der Waals surface area contributed by atoms with Gasteiger partial charge in [-0.05, 0) is 89.2 Å². The zero-order valence-corrected chi connectivity index (χ0v) is 52.6. The Hall–Kier alpha value is -6.86. The summed E-state index contributed by atoms with van der Waals surface area (Å²) in [5.74, 6) is -6.87. The number of carbonyl (C=O) groups excluding carboxylic acids is 10. The van der Waals surface area contributed by atoms with Crippen LogP contribution in [0.4, 0.5) is 19.2 Å². The van der Waals surface area contributed by atoms with Crippen molar-refractivity contribution in [1.82, 2.24) is 0 Å². The molecule has 20 nitrogen and oxygen atoms in total. The normalized spacial score (nSPS) is 12.3. The molecule has 0 saturated heterocycles. The molecule has 86 heavy (non-hydrogen) atoms. The van der Waals surface area contributed by atoms with Gasteiger partial charge in [0.25, 0.3) is 0 Å². The van der Waals surface area contributed by atoms with E-state index in [4.69, 9.17) is 47.7 Å². The van der Waals surface area contributed by atoms with Gasteiger partial charge in [-0.1, -0.05) is 182 Å². The van der Waals surface area contributed by atoms with Crippen LogP contribution in [0.1, 0.15) is 297 Å². The fourth-order valence-electron chi connectivity index (χ4n) is 9.02. The number of carbonyl (C=O) groups is 10. The molecule has 2 aromatic carbocycles. The maximum atomic E-state index is 15.1. The van der Waals surface area contributed by atoms with Gasteiger partial charge < -0.3 is 37.9 Å². The van der Waals surface area contributed by atoms with Crippen LogP contribution in [0, 0.1) is 0 Å². The summed E-state index contributed by atoms with van der Waals surface area (Å²) in [5, 5.41) is 0. The minimum atomic E-state index is -1.63. The van der Waals surface area contributed by atoms with Gasteiger partial charge in [-0.25, -0.2) is 38.5 Å². The summed E-state index contributed by atoms with van der Waals surface area (Å²) in [7, 11) is 0. The molecule has 0 aliphatic heterocycles. The maximum absolute atomic E-state index is 15.1. The highest BCUT2D eigenvalue weighted by molar-refractivity contribution is 6.18. The Morgan fingerprint density at radius 2 is 0.523 bits per heavy atom. The molecular weight excluding hydrogens is 1110 g/mol. The molecular formula is C66H98O20. The van der Waals surface area contributed by atoms with E-state index in [1.165, 1.54) is 24.3 Å². The first kappa shape index (κ1) is 75.2. The zero-order valence-electron chi connectivity index (χ0n) is 52.6. The third-order valence-electron chi connectivity index (χ3n) is 14.1. The predicted molar refractivity (Wildman–Crippen MR) is 321 cm³/mol. The van der Waals surface area contributed by atoms with E-state index < -0.39 is 117 Å². The summed E-state index contributed by atoms with van der Waals surface area (Å²) < 4.78 is 43.6. The Balaban J connectivity index is 2.97. The molecule has 0 amide bonds. The SMILES string of the molecule is CCCCCCC(OC(=O)OCCCC)C(=O)c1cccc(C(=O)OOC(=O)c2cccc(C(=O)C(CCCCCC)OC(=O)OCCCC)c2C(=O)C(CCCCCC)OC(=O)OCCCC)c1C(=O)C(CCCCCC)OC(=O)OCCCC. The first-order valence-electron chi connectivity index (χ1n) is 31.8. The lowest BCUT2D eigenvalue weighted by Crippen LogP contribution is -2.34. The Bertz CT molecular complexity index is 2230. The van der Waals surface area contributed by atoms with Crippen LogP contribution < -0.4 is 0 Å². The monoisotopic (exact) mass is 1210 g/mol. The highest BCUT2D eigenvalue weighted by Gasteiger charge is 2.39. The van der Waals surface area contributed by atoms with E-state index in [2.05, 4.69) is 0 Å². The van der Waals surface area contributed by atoms with Crippen molar-refractivity contribution in [1.29, 1.82) is 0 Å². The van der Waals surface area contributed by atoms with Gasteiger partial charge in [0, 0.05) is 22.3 Å². The lowest BCUT2D eigenvalue weighted by molar-refractivity contribution is -0.187. The second-order valence-electron chi connectivity index (χ2n) is 21.3. The Morgan fingerprint density at radius 1 is 0.291 bits per heavy atom. The summed E-state index contributed by atoms with van der Waals surface area (Å²) in [6, 6.07) is 7.23. The minimum Gasteiger partial charge on any atom is -0.434 e. The van der Waals surface area contributed by atoms with Gasteiger partial charge in [0.05, 0.1) is 37.6 Å². The molecule has 0 fully saturated rings. The number of Topliss-reactive ketones (excluding diaryl/α,β-unsaturated/α-hetero) is 4. The molecule has 0 spiro atoms. The van der Waals surface area contributed by atoms with Crippen molar-refractivity contribution in [3.63, 3.8) is 0 Å². The van der Waals surface area contributed by atoms with Crippen LogP contribution in [0.3, 0.4) is 0 Å². The highest BCUT2D eigenvalue weighted by atomic mass is 17.2. The molecule has 20 heteroatoms. The molecule has 482 valence electrons. The van der Waals surface area contributed by atoms with Crippen LogP contribution in [-0.4, -0.2) is 111 Å². The van der Waals surface area contributed by atoms with Gasteiger partial charge in [-0.15, -0.1) is 0 Å². The van der Waals surface area contributed by atoms with E-state index in [0.717, 1.165) is 63.5 Å². The highest BCUT2D eigenvalue weighted by Crippen LogP contribution is 2.29. The van der Waals surface area contributed by atoms with E-state index in [1.54, 1.807) is 0 Å². The summed E-state index contributed by atoms with van der Waals surface area (Å²) in [4.78, 5) is 152. The summed E-state index contributed by atoms with van der Waals surface area (Å²) in [6.45, 7) is 15.5. The number of hydrogen-bond donors (Lipinski definition) is 0. The standard InChI is InChI=1S/C66H98O20/c1-9-17-25-29-39-51(81-63(73)77-43-21-13-5)57(67)47-35-33-37-49(55(47)59(69)53(41-31-27-19-11-3)83-65(75)79-45-23-15-7)61(71)85-86-62(72)50-38-34-36-48(58(68)52(40-30-26-18-10-2)82-64(74)78-44-22-14-6)56(50)60(70)54(42-32-28-20-12-4)84-66(76)80-46-24-16-8/h33-38,51-54H,9-32,39-46H2,1-8H3. The zero-order chi connectivity index (χ0) is 63.5. The number of benzene rings is 2. The minimum absolute atomic E-state index is 0.00437. The molecule has 2 rings (SSSR count). The van der Waals surface area contributed by atoms with Crippen molar-refractivity contribution in [3.8, 4) is 0 Å². The Labute approximate surface area is 509 Å². The number of rotatable bonds is 46. The molecule has 0 saturated carbocycles. The van der Waals surface area contributed by atoms with Crippen molar-refractivity contribution in [3.05, 3.63) is 69.8 Å². The van der Waals surface area contributed by atoms with E-state index in [1.807, 2.05) is 55.4 Å². The first-order chi connectivity index (χ1) is 41.6. The van der Waals surface area contributed by atoms with Crippen LogP contribution in [0.5, 0.6) is 0 Å². The number of unbranched alkanes of at least 4 members (excludes halogenated alkanes) is 16. The third-order valence-corrected chi connectivity index (χ3v) is 14.1. The number of ether oxygens (including phenoxy) is 8. The van der Waals surface area contributed by atoms with Gasteiger partial charge in [0.2, 0.25) is 23.1 Å². The molecule has 4 unspecified atom stereocenters. The van der Waals surface area contributed by atoms with Gasteiger partial charge in [0.1, 0.15) is 0 Å². The van der Waals surface area contributed by atoms with Crippen LogP contribution in [-0.2, 0) is 47.7 Å². The molecule has 0 N–H and O–H groups in total. The van der Waals surface area contributed by atoms with E-state index >= 15 is 9.59 Å². The predicted octanol–water partition coefficient (Wildman–Crippen LogP) is 16.5. The van der Waals surface area contributed by atoms with Crippen molar-refractivity contribution in [2.75, 3.05) is 26.4 Å². The molecule has 0 aliphatic carbocycles. The summed E-state index contributed by atoms with van der Waals surface area (Å²) in [6.07, 6.45) is 4.47. The van der Waals surface area contributed by atoms with Crippen LogP contribution in [0.15, 0.2) is 36.4 Å². The Morgan fingerprint density at radius 3 is 0.767 bits per heavy atom. The van der Waals surface area contributed by atoms with Crippen LogP contribution in [0.2, 0.25) is 0 Å². The average molecular weight is 1210 g/mol. The quantitative estimate of drug-likeness (QED) is 0.0149. The van der Waals surface area contributed by atoms with Crippen LogP contribution >= 0.6 is 0 Å². The lowest BCUT2D eigenvalue weighted by atomic mass is 9.88. The molecule has 0 radical (unpaired) electrons. The second kappa shape index (κ2) is 45.5. The largest absolute Gasteiger partial charge is 0.508 e. The van der Waals surface area contributed by atoms with E-state index in [9.17, 15) is 38.4 Å². The maximum Gasteiger partial charge on any atom is 0.508 e. The van der Waals surface area contributed by atoms with Gasteiger partial charge in [-0.2, -0.15) is 0 Å². The van der Waals surface area contributed by atoms with Gasteiger partial charge in [0.15, 0.2) is 24.4 Å². The molecule has 0 aliphatic rings. The summed E-state index contributed by atoms with van der Waals surface area (Å²) >= 11 is 0. The van der Waals surface area contributed by atoms with Crippen molar-refractivity contribution < 1.29 is 95.6 Å². The molecule has 0 bridgehead atoms. The molecule has 0 heterocycles. The number of hydrogen-bond acceptors (Lipinski definition) is 20. The van der Waals surface area contributed by atoms with Crippen molar-refractivity contribution in [2.45, 2.75) is 260 Å². The fraction of sp³-hybridized carbons (Fsp3) is 0.667. The van der Waals surface area contributed by atoms with Crippen molar-refractivity contribution in [2.24, 2.45) is 0 Å². The lowest BCUT2D eigenvalue weighted by Gasteiger charge is -2.22. The van der Waals surface area contributed by atoms with Crippen LogP contribution in [0.25, 0.3) is 0 Å². The summed E-state index contributed by atoms with van der Waals surface area (Å²) in [5.41, 5.74) is -3.34. The smallest absolute Gasteiger partial charge is 0.434 e. The second-order valence-corrected chi connectivity index (χ2v) is 21.3. The molecule has 2 aromatic rings. The topological polar surface area (TPSA) is 263 Å². The molecule has 4 atom stereocenters. The third kappa shape index (κ3) is 28.1. The molecule has 0 aromatic heterocycles. The fourth-order valence-corrected chi connectivity index (χ4v) is 9.02. The van der Waals surface area contributed by atoms with E-state index in [0.29, 0.717) is 103 Å².